The van der Waals surface area contributed by atoms with Crippen molar-refractivity contribution in [3.63, 3.8) is 0 Å². The largest absolute Gasteiger partial charge is 0.497 e. The van der Waals surface area contributed by atoms with Crippen molar-refractivity contribution in [3.8, 4) is 11.5 Å². The second-order valence-corrected chi connectivity index (χ2v) is 6.62. The Morgan fingerprint density at radius 3 is 1.92 bits per heavy atom. The van der Waals surface area contributed by atoms with Gasteiger partial charge in [-0.15, -0.1) is 0 Å². The molecule has 1 saturated heterocycles. The number of hydrogen-bond acceptors (Lipinski definition) is 4. The number of piperidine rings is 1. The van der Waals surface area contributed by atoms with Crippen LogP contribution in [0.1, 0.15) is 43.0 Å². The molecule has 0 aromatic heterocycles. The third-order valence-corrected chi connectivity index (χ3v) is 5.24. The molecule has 1 aliphatic heterocycles. The molecule has 0 amide bonds. The maximum atomic E-state index is 10.7. The minimum Gasteiger partial charge on any atom is -0.497 e. The normalized spacial score (nSPS) is 26.2. The summed E-state index contributed by atoms with van der Waals surface area (Å²) < 4.78 is 10.5. The third kappa shape index (κ3) is 3.80. The van der Waals surface area contributed by atoms with Crippen molar-refractivity contribution in [2.45, 2.75) is 38.0 Å². The molecule has 0 unspecified atom stereocenters. The monoisotopic (exact) mass is 341 g/mol. The van der Waals surface area contributed by atoms with E-state index in [1.807, 2.05) is 24.3 Å². The zero-order valence-electron chi connectivity index (χ0n) is 15.1. The van der Waals surface area contributed by atoms with Crippen LogP contribution in [0.2, 0.25) is 0 Å². The van der Waals surface area contributed by atoms with Crippen LogP contribution in [0.25, 0.3) is 0 Å². The summed E-state index contributed by atoms with van der Waals surface area (Å²) in [5.41, 5.74) is 2.36. The van der Waals surface area contributed by atoms with E-state index in [1.165, 1.54) is 11.1 Å². The first-order valence-electron chi connectivity index (χ1n) is 8.88. The molecular weight excluding hydrogens is 314 g/mol. The number of ether oxygens (including phenoxy) is 2. The van der Waals surface area contributed by atoms with E-state index in [9.17, 15) is 5.11 Å². The Labute approximate surface area is 149 Å². The maximum Gasteiger partial charge on any atom is 0.118 e. The van der Waals surface area contributed by atoms with Gasteiger partial charge in [-0.2, -0.15) is 0 Å². The van der Waals surface area contributed by atoms with Crippen LogP contribution in [-0.2, 0) is 0 Å². The Bertz CT molecular complexity index is 669. The van der Waals surface area contributed by atoms with Gasteiger partial charge in [0.15, 0.2) is 0 Å². The number of nitrogens with one attached hydrogen (secondary N) is 1. The third-order valence-electron chi connectivity index (χ3n) is 5.24. The van der Waals surface area contributed by atoms with Crippen molar-refractivity contribution in [1.29, 1.82) is 0 Å². The summed E-state index contributed by atoms with van der Waals surface area (Å²) in [6, 6.07) is 16.4. The van der Waals surface area contributed by atoms with E-state index in [0.717, 1.165) is 24.3 Å². The molecule has 4 nitrogen and oxygen atoms in total. The average Bonchev–Trinajstić information content (AvgIpc) is 2.67. The molecule has 2 aromatic rings. The van der Waals surface area contributed by atoms with E-state index < -0.39 is 0 Å². The van der Waals surface area contributed by atoms with Gasteiger partial charge < -0.3 is 19.9 Å². The van der Waals surface area contributed by atoms with Crippen molar-refractivity contribution in [1.82, 2.24) is 5.32 Å². The van der Waals surface area contributed by atoms with E-state index in [2.05, 4.69) is 36.5 Å². The highest BCUT2D eigenvalue weighted by Gasteiger charge is 2.36. The van der Waals surface area contributed by atoms with Gasteiger partial charge in [0.25, 0.3) is 0 Å². The van der Waals surface area contributed by atoms with Crippen LogP contribution in [0.3, 0.4) is 0 Å². The Morgan fingerprint density at radius 2 is 1.44 bits per heavy atom. The lowest BCUT2D eigenvalue weighted by Crippen LogP contribution is -2.44. The van der Waals surface area contributed by atoms with Crippen LogP contribution in [0.5, 0.6) is 11.5 Å². The van der Waals surface area contributed by atoms with Crippen molar-refractivity contribution >= 4 is 0 Å². The highest BCUT2D eigenvalue weighted by atomic mass is 16.5. The van der Waals surface area contributed by atoms with E-state index in [1.54, 1.807) is 14.2 Å². The molecule has 25 heavy (non-hydrogen) atoms. The van der Waals surface area contributed by atoms with Gasteiger partial charge in [0.2, 0.25) is 0 Å². The van der Waals surface area contributed by atoms with E-state index in [4.69, 9.17) is 9.47 Å². The standard InChI is InChI=1S/C21H27NO3/c1-4-18-20(23)13-19(14-5-9-16(24-2)10-6-14)22-21(18)15-7-11-17(25-3)12-8-15/h5-12,18-23H,4,13H2,1-3H3/t18-,19+,20-,21+/m1/s1. The molecule has 4 atom stereocenters. The number of hydrogen-bond donors (Lipinski definition) is 2. The Hall–Kier alpha value is -2.04. The van der Waals surface area contributed by atoms with Gasteiger partial charge in [-0.1, -0.05) is 31.2 Å². The highest BCUT2D eigenvalue weighted by Crippen LogP contribution is 2.39. The van der Waals surface area contributed by atoms with Gasteiger partial charge in [-0.25, -0.2) is 0 Å². The number of aliphatic hydroxyl groups excluding tert-OH is 1. The number of methoxy groups -OCH3 is 2. The lowest BCUT2D eigenvalue weighted by atomic mass is 9.78. The zero-order valence-corrected chi connectivity index (χ0v) is 15.1. The van der Waals surface area contributed by atoms with E-state index >= 15 is 0 Å². The van der Waals surface area contributed by atoms with E-state index in [-0.39, 0.29) is 24.1 Å². The molecular formula is C21H27NO3. The van der Waals surface area contributed by atoms with Crippen LogP contribution in [0.4, 0.5) is 0 Å². The van der Waals surface area contributed by atoms with Gasteiger partial charge in [0, 0.05) is 18.0 Å². The molecule has 134 valence electrons. The highest BCUT2D eigenvalue weighted by molar-refractivity contribution is 5.33. The number of rotatable bonds is 5. The first-order chi connectivity index (χ1) is 12.2. The molecule has 2 aromatic carbocycles. The topological polar surface area (TPSA) is 50.7 Å². The van der Waals surface area contributed by atoms with Crippen molar-refractivity contribution in [2.75, 3.05) is 14.2 Å². The van der Waals surface area contributed by atoms with Crippen LogP contribution in [-0.4, -0.2) is 25.4 Å². The van der Waals surface area contributed by atoms with Crippen molar-refractivity contribution in [3.05, 3.63) is 59.7 Å². The number of benzene rings is 2. The molecule has 2 N–H and O–H groups in total. The molecule has 0 radical (unpaired) electrons. The molecule has 3 rings (SSSR count). The molecule has 0 saturated carbocycles. The molecule has 1 heterocycles. The average molecular weight is 341 g/mol. The minimum absolute atomic E-state index is 0.117. The van der Waals surface area contributed by atoms with Crippen LogP contribution < -0.4 is 14.8 Å². The summed E-state index contributed by atoms with van der Waals surface area (Å²) in [5, 5.41) is 14.5. The van der Waals surface area contributed by atoms with Crippen LogP contribution >= 0.6 is 0 Å². The van der Waals surface area contributed by atoms with Gasteiger partial charge in [-0.3, -0.25) is 0 Å². The van der Waals surface area contributed by atoms with Gasteiger partial charge in [0.1, 0.15) is 11.5 Å². The maximum absolute atomic E-state index is 10.7. The van der Waals surface area contributed by atoms with Crippen LogP contribution in [0.15, 0.2) is 48.5 Å². The molecule has 0 spiro atoms. The SMILES string of the molecule is CC[C@@H]1[C@H](O)C[C@@H](c2ccc(OC)cc2)N[C@H]1c1ccc(OC)cc1. The quantitative estimate of drug-likeness (QED) is 0.867. The van der Waals surface area contributed by atoms with Gasteiger partial charge >= 0.3 is 0 Å². The summed E-state index contributed by atoms with van der Waals surface area (Å²) in [7, 11) is 3.34. The smallest absolute Gasteiger partial charge is 0.118 e. The molecule has 4 heteroatoms. The Balaban J connectivity index is 1.85. The minimum atomic E-state index is -0.328. The fraction of sp³-hybridized carbons (Fsp3) is 0.429. The summed E-state index contributed by atoms with van der Waals surface area (Å²) in [6.07, 6.45) is 1.32. The Kier molecular flexibility index (Phi) is 5.61. The molecule has 1 fully saturated rings. The molecule has 0 bridgehead atoms. The first-order valence-corrected chi connectivity index (χ1v) is 8.88. The second kappa shape index (κ2) is 7.89. The van der Waals surface area contributed by atoms with Crippen molar-refractivity contribution in [2.24, 2.45) is 5.92 Å². The lowest BCUT2D eigenvalue weighted by molar-refractivity contribution is 0.0290. The van der Waals surface area contributed by atoms with Crippen LogP contribution in [0, 0.1) is 5.92 Å². The summed E-state index contributed by atoms with van der Waals surface area (Å²) in [5.74, 6) is 1.89. The fourth-order valence-corrected chi connectivity index (χ4v) is 3.78. The Morgan fingerprint density at radius 1 is 0.920 bits per heavy atom. The lowest BCUT2D eigenvalue weighted by Gasteiger charge is -2.41. The van der Waals surface area contributed by atoms with Crippen molar-refractivity contribution < 1.29 is 14.6 Å². The second-order valence-electron chi connectivity index (χ2n) is 6.62. The first kappa shape index (κ1) is 17.8. The fourth-order valence-electron chi connectivity index (χ4n) is 3.78. The summed E-state index contributed by atoms with van der Waals surface area (Å²) >= 11 is 0. The van der Waals surface area contributed by atoms with Gasteiger partial charge in [0.05, 0.1) is 20.3 Å². The predicted octanol–water partition coefficient (Wildman–Crippen LogP) is 3.87. The van der Waals surface area contributed by atoms with Gasteiger partial charge in [-0.05, 0) is 48.2 Å². The summed E-state index contributed by atoms with van der Waals surface area (Å²) in [4.78, 5) is 0. The zero-order chi connectivity index (χ0) is 17.8. The predicted molar refractivity (Wildman–Crippen MR) is 99.0 cm³/mol. The molecule has 1 aliphatic rings. The molecule has 0 aliphatic carbocycles. The summed E-state index contributed by atoms with van der Waals surface area (Å²) in [6.45, 7) is 2.14. The number of aliphatic hydroxyl groups is 1. The van der Waals surface area contributed by atoms with E-state index in [0.29, 0.717) is 0 Å².